The molecule has 103 heavy (non-hydrogen) atoms. The summed E-state index contributed by atoms with van der Waals surface area (Å²) in [6.45, 7) is 9.55. The number of unbranched alkanes of at least 4 members (excludes halogenated alkanes) is 20. The number of quaternary nitrogens is 1. The standard InChI is InChI=1S/C40BF28.C33H61N/c42-13-1-5(25(54)37(66)33(62)21(1)50)17(46)29(58)9(13)41(10-14(43)2-6(18(47)30(10)59)26(55)38(67)34(63)22(2)51,11-15(44)3-7(19(48)31(11)60)27(56)39(68)35(64)23(3)52)12-16(45)4-8(20(49)32(12)61)28(57)40(69)36(65)24(4)53;1-4-6-8-10-12-14-15-16-17-18-19-21-23-27-31-34(33-29-25-24-28-32(33)3)30-26-22-20-13-11-9-7-5-2/h;24-25,28-29H,4-23,26-27,30-31H2,1-3H3/q-1;/p+1. The van der Waals surface area contributed by atoms with Crippen LogP contribution in [0.1, 0.15) is 161 Å². The lowest BCUT2D eigenvalue weighted by molar-refractivity contribution is -0.833. The molecule has 0 saturated heterocycles. The Morgan fingerprint density at radius 2 is 0.388 bits per heavy atom. The van der Waals surface area contributed by atoms with Gasteiger partial charge in [0.2, 0.25) is 0 Å². The van der Waals surface area contributed by atoms with Gasteiger partial charge in [-0.25, -0.2) is 123 Å². The molecule has 0 aliphatic carbocycles. The number of aryl methyl sites for hydroxylation is 1. The first-order valence-electron chi connectivity index (χ1n) is 33.1. The van der Waals surface area contributed by atoms with Gasteiger partial charge in [0, 0.05) is 5.56 Å². The molecule has 1 nitrogen and oxygen atoms in total. The van der Waals surface area contributed by atoms with Crippen molar-refractivity contribution < 1.29 is 128 Å². The van der Waals surface area contributed by atoms with E-state index >= 15 is 87.8 Å². The van der Waals surface area contributed by atoms with Crippen LogP contribution in [0.5, 0.6) is 0 Å². The summed E-state index contributed by atoms with van der Waals surface area (Å²) < 4.78 is 442. The SMILES string of the molecule is CCCCCCCCCCCCCCCC[NH+](CCCCCCCCCC)c1ccccc1C.Fc1c(F)c(F)c2c(F)c([B-](c3c(F)c(F)c4c(F)c(F)c(F)c(F)c4c3F)(c3c(F)c(F)c4c(F)c(F)c(F)c(F)c4c3F)c3c(F)c(F)c4c(F)c(F)c(F)c(F)c4c3F)c(F)c(F)c2c1F. The fourth-order valence-electron chi connectivity index (χ4n) is 13.8. The molecule has 0 spiro atoms. The van der Waals surface area contributed by atoms with E-state index in [4.69, 9.17) is 0 Å². The number of nitrogens with one attached hydrogen (secondary N) is 1. The zero-order valence-electron chi connectivity index (χ0n) is 54.9. The Labute approximate surface area is 570 Å². The second-order valence-electron chi connectivity index (χ2n) is 25.3. The molecular formula is C73H62BF28N. The number of halogens is 28. The number of fused-ring (bicyclic) bond motifs is 4. The van der Waals surface area contributed by atoms with Gasteiger partial charge in [-0.1, -0.05) is 148 Å². The monoisotopic (exact) mass is 1500 g/mol. The molecule has 9 aromatic rings. The Morgan fingerprint density at radius 3 is 0.592 bits per heavy atom. The Kier molecular flexibility index (Phi) is 26.6. The summed E-state index contributed by atoms with van der Waals surface area (Å²) in [5.41, 5.74) is -12.8. The van der Waals surface area contributed by atoms with Crippen LogP contribution in [0, 0.1) is 170 Å². The van der Waals surface area contributed by atoms with Gasteiger partial charge in [0.15, 0.2) is 116 Å². The first-order valence-corrected chi connectivity index (χ1v) is 33.1. The molecule has 0 saturated carbocycles. The number of benzene rings is 9. The van der Waals surface area contributed by atoms with E-state index in [2.05, 4.69) is 45.0 Å². The van der Waals surface area contributed by atoms with Gasteiger partial charge in [0.25, 0.3) is 0 Å². The van der Waals surface area contributed by atoms with Crippen molar-refractivity contribution >= 4 is 76.8 Å². The average molecular weight is 1500 g/mol. The molecule has 1 N–H and O–H groups in total. The van der Waals surface area contributed by atoms with Gasteiger partial charge in [-0.05, 0) is 38.7 Å². The quantitative estimate of drug-likeness (QED) is 0.0157. The lowest BCUT2D eigenvalue weighted by atomic mass is 9.12. The zero-order chi connectivity index (χ0) is 76.1. The summed E-state index contributed by atoms with van der Waals surface area (Å²) in [7, 11) is 0. The first kappa shape index (κ1) is 80.8. The van der Waals surface area contributed by atoms with Crippen molar-refractivity contribution in [2.75, 3.05) is 13.1 Å². The van der Waals surface area contributed by atoms with Gasteiger partial charge in [-0.2, -0.15) is 0 Å². The summed E-state index contributed by atoms with van der Waals surface area (Å²) in [4.78, 5) is 1.74. The van der Waals surface area contributed by atoms with Gasteiger partial charge >= 0.3 is 0 Å². The molecule has 0 amide bonds. The van der Waals surface area contributed by atoms with Crippen LogP contribution < -0.4 is 26.8 Å². The molecule has 30 heteroatoms. The number of hydrogen-bond acceptors (Lipinski definition) is 0. The van der Waals surface area contributed by atoms with Crippen molar-refractivity contribution in [3.63, 3.8) is 0 Å². The van der Waals surface area contributed by atoms with Crippen molar-refractivity contribution in [3.8, 4) is 0 Å². The summed E-state index contributed by atoms with van der Waals surface area (Å²) in [5.74, 6) is -102. The van der Waals surface area contributed by atoms with Crippen molar-refractivity contribution in [2.24, 2.45) is 0 Å². The molecule has 0 aliphatic heterocycles. The largest absolute Gasteiger partial charge is 0.302 e. The Bertz CT molecular complexity index is 4220. The lowest BCUT2D eigenvalue weighted by Crippen LogP contribution is -3.07. The molecule has 9 aromatic carbocycles. The normalized spacial score (nSPS) is 12.3. The van der Waals surface area contributed by atoms with Crippen molar-refractivity contribution in [3.05, 3.63) is 193 Å². The maximum Gasteiger partial charge on any atom is 0.198 e. The van der Waals surface area contributed by atoms with E-state index in [0.29, 0.717) is 0 Å². The molecule has 0 radical (unpaired) electrons. The third kappa shape index (κ3) is 14.7. The van der Waals surface area contributed by atoms with Gasteiger partial charge < -0.3 is 4.90 Å². The second kappa shape index (κ2) is 33.9. The fraction of sp³-hybridized carbons (Fsp3) is 0.370. The van der Waals surface area contributed by atoms with Crippen LogP contribution in [-0.2, 0) is 0 Å². The predicted molar refractivity (Wildman–Crippen MR) is 333 cm³/mol. The highest BCUT2D eigenvalue weighted by atomic mass is 19.2. The average Bonchev–Trinajstić information content (AvgIpc) is 0.669. The lowest BCUT2D eigenvalue weighted by Gasteiger charge is -2.45. The van der Waals surface area contributed by atoms with E-state index in [1.165, 1.54) is 160 Å². The minimum Gasteiger partial charge on any atom is -0.302 e. The Hall–Kier alpha value is -7.92. The summed E-state index contributed by atoms with van der Waals surface area (Å²) in [6, 6.07) is 9.11. The van der Waals surface area contributed by atoms with Crippen LogP contribution in [0.25, 0.3) is 43.1 Å². The Morgan fingerprint density at radius 1 is 0.214 bits per heavy atom. The third-order valence-electron chi connectivity index (χ3n) is 18.9. The van der Waals surface area contributed by atoms with Crippen LogP contribution in [0.3, 0.4) is 0 Å². The predicted octanol–water partition coefficient (Wildman–Crippen LogP) is 21.7. The highest BCUT2D eigenvalue weighted by molar-refractivity contribution is 7.20. The zero-order valence-corrected chi connectivity index (χ0v) is 54.9. The minimum absolute atomic E-state index is 1.32. The fourth-order valence-corrected chi connectivity index (χ4v) is 13.8. The molecule has 0 bridgehead atoms. The molecule has 0 aliphatic rings. The molecule has 0 heterocycles. The Balaban J connectivity index is 0.000000333. The van der Waals surface area contributed by atoms with Crippen molar-refractivity contribution in [1.29, 1.82) is 0 Å². The molecule has 1 atom stereocenters. The van der Waals surface area contributed by atoms with E-state index in [1.54, 1.807) is 10.6 Å². The van der Waals surface area contributed by atoms with E-state index in [9.17, 15) is 35.1 Å². The highest BCUT2D eigenvalue weighted by Crippen LogP contribution is 2.41. The third-order valence-corrected chi connectivity index (χ3v) is 18.9. The smallest absolute Gasteiger partial charge is 0.198 e. The topological polar surface area (TPSA) is 4.44 Å². The van der Waals surface area contributed by atoms with Gasteiger partial charge in [0.05, 0.1) is 56.2 Å². The molecule has 0 aromatic heterocycles. The highest BCUT2D eigenvalue weighted by Gasteiger charge is 2.53. The number of para-hydroxylation sites is 1. The second-order valence-corrected chi connectivity index (χ2v) is 25.3. The molecule has 558 valence electrons. The van der Waals surface area contributed by atoms with Crippen molar-refractivity contribution in [2.45, 2.75) is 162 Å². The van der Waals surface area contributed by atoms with E-state index in [1.807, 2.05) is 0 Å². The van der Waals surface area contributed by atoms with Gasteiger partial charge in [0.1, 0.15) is 58.4 Å². The van der Waals surface area contributed by atoms with E-state index in [-0.39, 0.29) is 0 Å². The maximum atomic E-state index is 17.4. The van der Waals surface area contributed by atoms with Crippen LogP contribution in [0.2, 0.25) is 0 Å². The van der Waals surface area contributed by atoms with E-state index < -0.39 is 234 Å². The van der Waals surface area contributed by atoms with Crippen LogP contribution in [-0.4, -0.2) is 19.2 Å². The molecule has 1 unspecified atom stereocenters. The maximum absolute atomic E-state index is 17.4. The van der Waals surface area contributed by atoms with Crippen LogP contribution in [0.15, 0.2) is 24.3 Å². The van der Waals surface area contributed by atoms with Crippen molar-refractivity contribution in [1.82, 2.24) is 0 Å². The van der Waals surface area contributed by atoms with Gasteiger partial charge in [-0.15, -0.1) is 21.9 Å². The van der Waals surface area contributed by atoms with E-state index in [0.717, 1.165) is 0 Å². The summed E-state index contributed by atoms with van der Waals surface area (Å²) in [6.07, 6.45) is 23.6. The molecule has 0 fully saturated rings. The molecular weight excluding hydrogens is 1430 g/mol. The summed E-state index contributed by atoms with van der Waals surface area (Å²) >= 11 is 0. The minimum atomic E-state index is -7.99. The number of hydrogen-bond donors (Lipinski definition) is 1. The van der Waals surface area contributed by atoms with Crippen LogP contribution >= 0.6 is 0 Å². The van der Waals surface area contributed by atoms with Crippen LogP contribution in [0.4, 0.5) is 129 Å². The number of rotatable bonds is 29. The molecule has 9 rings (SSSR count). The first-order chi connectivity index (χ1) is 48.8. The summed E-state index contributed by atoms with van der Waals surface area (Å²) in [5, 5.41) is -25.0. The van der Waals surface area contributed by atoms with Gasteiger partial charge in [-0.3, -0.25) is 0 Å².